The van der Waals surface area contributed by atoms with Crippen LogP contribution >= 0.6 is 0 Å². The van der Waals surface area contributed by atoms with Crippen molar-refractivity contribution in [3.05, 3.63) is 11.8 Å². The Hall–Kier alpha value is -0.960. The maximum atomic E-state index is 13.0. The first-order valence-electron chi connectivity index (χ1n) is 9.83. The van der Waals surface area contributed by atoms with Gasteiger partial charge in [0, 0.05) is 69.9 Å². The minimum Gasteiger partial charge on any atom is -0.381 e. The van der Waals surface area contributed by atoms with Crippen LogP contribution in [0.15, 0.2) is 11.1 Å². The van der Waals surface area contributed by atoms with Gasteiger partial charge in [0.1, 0.15) is 0 Å². The van der Waals surface area contributed by atoms with Gasteiger partial charge in [-0.3, -0.25) is 9.58 Å². The Balaban J connectivity index is 1.22. The molecule has 0 aromatic carbocycles. The Kier molecular flexibility index (Phi) is 3.97. The van der Waals surface area contributed by atoms with E-state index in [9.17, 15) is 8.42 Å². The Morgan fingerprint density at radius 3 is 2.42 bits per heavy atom. The molecular formula is C18H28N4O3S. The molecule has 4 aliphatic rings. The normalized spacial score (nSPS) is 27.9. The van der Waals surface area contributed by atoms with Gasteiger partial charge in [-0.25, -0.2) is 8.42 Å². The molecule has 4 heterocycles. The lowest BCUT2D eigenvalue weighted by atomic mass is 9.73. The molecule has 1 aromatic rings. The quantitative estimate of drug-likeness (QED) is 0.785. The molecule has 3 saturated heterocycles. The van der Waals surface area contributed by atoms with E-state index < -0.39 is 10.0 Å². The van der Waals surface area contributed by atoms with Crippen molar-refractivity contribution < 1.29 is 13.2 Å². The highest BCUT2D eigenvalue weighted by molar-refractivity contribution is 7.89. The lowest BCUT2D eigenvalue weighted by molar-refractivity contribution is -0.116. The summed E-state index contributed by atoms with van der Waals surface area (Å²) in [6.07, 6.45) is 5.70. The zero-order valence-corrected chi connectivity index (χ0v) is 16.2. The number of hydrogen-bond donors (Lipinski definition) is 0. The van der Waals surface area contributed by atoms with E-state index in [-0.39, 0.29) is 5.41 Å². The Bertz CT molecular complexity index is 781. The van der Waals surface area contributed by atoms with E-state index in [1.807, 2.05) is 0 Å². The third-order valence-electron chi connectivity index (χ3n) is 6.79. The average molecular weight is 381 g/mol. The second kappa shape index (κ2) is 6.02. The summed E-state index contributed by atoms with van der Waals surface area (Å²) in [4.78, 5) is 2.52. The minimum absolute atomic E-state index is 0.181. The van der Waals surface area contributed by atoms with E-state index in [1.54, 1.807) is 22.1 Å². The molecule has 1 spiro atoms. The molecule has 0 N–H and O–H groups in total. The van der Waals surface area contributed by atoms with Crippen LogP contribution in [0.5, 0.6) is 0 Å². The fourth-order valence-electron chi connectivity index (χ4n) is 4.94. The number of aromatic nitrogens is 2. The highest BCUT2D eigenvalue weighted by atomic mass is 32.2. The number of aryl methyl sites for hydroxylation is 1. The standard InChI is InChI=1S/C18H28N4O3S/c1-20-17(9-16(19-20)14-3-2-4-14)26(23,24)22-12-18(13-22)10-21(11-18)15-5-7-25-8-6-15/h9,14-15H,2-8,10-13H2,1H3. The molecule has 0 atom stereocenters. The molecule has 1 aliphatic carbocycles. The SMILES string of the molecule is Cn1nc(C2CCC2)cc1S(=O)(=O)N1CC2(CN(C3CCOCC3)C2)C1. The minimum atomic E-state index is -3.42. The van der Waals surface area contributed by atoms with E-state index in [2.05, 4.69) is 10.00 Å². The molecule has 3 aliphatic heterocycles. The van der Waals surface area contributed by atoms with E-state index >= 15 is 0 Å². The van der Waals surface area contributed by atoms with Gasteiger partial charge in [-0.15, -0.1) is 0 Å². The Morgan fingerprint density at radius 2 is 1.81 bits per heavy atom. The summed E-state index contributed by atoms with van der Waals surface area (Å²) in [5, 5.41) is 4.83. The van der Waals surface area contributed by atoms with E-state index in [0.29, 0.717) is 30.1 Å². The van der Waals surface area contributed by atoms with Crippen molar-refractivity contribution in [2.24, 2.45) is 12.5 Å². The van der Waals surface area contributed by atoms with Gasteiger partial charge in [0.25, 0.3) is 10.0 Å². The number of likely N-dealkylation sites (tertiary alicyclic amines) is 1. The third-order valence-corrected chi connectivity index (χ3v) is 8.64. The van der Waals surface area contributed by atoms with Crippen LogP contribution in [0.4, 0.5) is 0 Å². The molecule has 7 nitrogen and oxygen atoms in total. The molecule has 0 amide bonds. The first kappa shape index (κ1) is 17.2. The second-order valence-corrected chi connectivity index (χ2v) is 10.6. The second-order valence-electron chi connectivity index (χ2n) is 8.68. The molecule has 0 bridgehead atoms. The summed E-state index contributed by atoms with van der Waals surface area (Å²) in [7, 11) is -1.67. The third kappa shape index (κ3) is 2.65. The number of rotatable bonds is 4. The van der Waals surface area contributed by atoms with Gasteiger partial charge in [-0.2, -0.15) is 9.40 Å². The van der Waals surface area contributed by atoms with E-state index in [4.69, 9.17) is 4.74 Å². The van der Waals surface area contributed by atoms with Crippen LogP contribution in [0.1, 0.15) is 43.7 Å². The van der Waals surface area contributed by atoms with Crippen molar-refractivity contribution >= 4 is 10.0 Å². The van der Waals surface area contributed by atoms with Crippen LogP contribution in [0, 0.1) is 5.41 Å². The van der Waals surface area contributed by atoms with Crippen molar-refractivity contribution in [1.29, 1.82) is 0 Å². The van der Waals surface area contributed by atoms with Gasteiger partial charge in [0.15, 0.2) is 5.03 Å². The van der Waals surface area contributed by atoms with Crippen molar-refractivity contribution in [3.63, 3.8) is 0 Å². The maximum absolute atomic E-state index is 13.0. The Labute approximate surface area is 155 Å². The van der Waals surface area contributed by atoms with Crippen LogP contribution < -0.4 is 0 Å². The fraction of sp³-hybridized carbons (Fsp3) is 0.833. The summed E-state index contributed by atoms with van der Waals surface area (Å²) >= 11 is 0. The zero-order chi connectivity index (χ0) is 17.9. The van der Waals surface area contributed by atoms with E-state index in [1.165, 1.54) is 6.42 Å². The van der Waals surface area contributed by atoms with Crippen molar-refractivity contribution in [2.75, 3.05) is 39.4 Å². The molecule has 8 heteroatoms. The smallest absolute Gasteiger partial charge is 0.260 e. The maximum Gasteiger partial charge on any atom is 0.260 e. The fourth-order valence-corrected chi connectivity index (χ4v) is 6.74. The molecule has 0 radical (unpaired) electrons. The van der Waals surface area contributed by atoms with Crippen LogP contribution in [0.3, 0.4) is 0 Å². The van der Waals surface area contributed by atoms with Crippen molar-refractivity contribution in [3.8, 4) is 0 Å². The van der Waals surface area contributed by atoms with Crippen molar-refractivity contribution in [1.82, 2.24) is 19.0 Å². The zero-order valence-electron chi connectivity index (χ0n) is 15.4. The van der Waals surface area contributed by atoms with Gasteiger partial charge in [-0.05, 0) is 25.7 Å². The molecule has 0 unspecified atom stereocenters. The average Bonchev–Trinajstić information content (AvgIpc) is 2.85. The number of hydrogen-bond acceptors (Lipinski definition) is 5. The molecule has 26 heavy (non-hydrogen) atoms. The van der Waals surface area contributed by atoms with Gasteiger partial charge in [0.2, 0.25) is 0 Å². The summed E-state index contributed by atoms with van der Waals surface area (Å²) < 4.78 is 34.7. The molecule has 1 aromatic heterocycles. The topological polar surface area (TPSA) is 67.7 Å². The van der Waals surface area contributed by atoms with Gasteiger partial charge in [0.05, 0.1) is 5.69 Å². The van der Waals surface area contributed by atoms with Crippen LogP contribution in [0.25, 0.3) is 0 Å². The molecule has 1 saturated carbocycles. The van der Waals surface area contributed by atoms with Gasteiger partial charge in [-0.1, -0.05) is 6.42 Å². The van der Waals surface area contributed by atoms with E-state index in [0.717, 1.165) is 57.7 Å². The molecular weight excluding hydrogens is 352 g/mol. The molecule has 5 rings (SSSR count). The number of nitrogens with zero attached hydrogens (tertiary/aromatic N) is 4. The predicted octanol–water partition coefficient (Wildman–Crippen LogP) is 1.17. The predicted molar refractivity (Wildman–Crippen MR) is 96.4 cm³/mol. The summed E-state index contributed by atoms with van der Waals surface area (Å²) in [5.74, 6) is 0.451. The summed E-state index contributed by atoms with van der Waals surface area (Å²) in [5.41, 5.74) is 1.13. The molecule has 144 valence electrons. The van der Waals surface area contributed by atoms with Crippen LogP contribution in [-0.2, 0) is 21.8 Å². The highest BCUT2D eigenvalue weighted by Crippen LogP contribution is 2.44. The van der Waals surface area contributed by atoms with Crippen LogP contribution in [0.2, 0.25) is 0 Å². The molecule has 4 fully saturated rings. The first-order valence-corrected chi connectivity index (χ1v) is 11.3. The lowest BCUT2D eigenvalue weighted by Crippen LogP contribution is -2.74. The highest BCUT2D eigenvalue weighted by Gasteiger charge is 2.56. The largest absolute Gasteiger partial charge is 0.381 e. The van der Waals surface area contributed by atoms with Gasteiger partial charge < -0.3 is 4.74 Å². The number of sulfonamides is 1. The first-order chi connectivity index (χ1) is 12.5. The lowest BCUT2D eigenvalue weighted by Gasteiger charge is -2.61. The Morgan fingerprint density at radius 1 is 1.12 bits per heavy atom. The summed E-state index contributed by atoms with van der Waals surface area (Å²) in [6, 6.07) is 2.43. The van der Waals surface area contributed by atoms with Crippen LogP contribution in [-0.4, -0.2) is 72.8 Å². The summed E-state index contributed by atoms with van der Waals surface area (Å²) in [6.45, 7) is 5.08. The van der Waals surface area contributed by atoms with Gasteiger partial charge >= 0.3 is 0 Å². The monoisotopic (exact) mass is 380 g/mol. The van der Waals surface area contributed by atoms with Crippen molar-refractivity contribution in [2.45, 2.75) is 49.1 Å². The number of ether oxygens (including phenoxy) is 1.